The Bertz CT molecular complexity index is 447. The van der Waals surface area contributed by atoms with Gasteiger partial charge in [0.1, 0.15) is 0 Å². The first-order valence-electron chi connectivity index (χ1n) is 8.02. The average Bonchev–Trinajstić information content (AvgIpc) is 2.47. The van der Waals surface area contributed by atoms with E-state index in [1.807, 2.05) is 0 Å². The maximum Gasteiger partial charge on any atom is 0.223 e. The SMILES string of the molecule is Cc1ccc(CCC(=O)N(C(C)C)C2CCOCC2)cc1. The molecule has 0 bridgehead atoms. The van der Waals surface area contributed by atoms with Crippen molar-refractivity contribution >= 4 is 5.91 Å². The average molecular weight is 289 g/mol. The van der Waals surface area contributed by atoms with Gasteiger partial charge in [0, 0.05) is 31.7 Å². The molecule has 0 aliphatic carbocycles. The number of aryl methyl sites for hydroxylation is 2. The molecule has 0 unspecified atom stereocenters. The van der Waals surface area contributed by atoms with E-state index in [2.05, 4.69) is 49.9 Å². The number of nitrogens with zero attached hydrogens (tertiary/aromatic N) is 1. The minimum Gasteiger partial charge on any atom is -0.381 e. The van der Waals surface area contributed by atoms with Gasteiger partial charge in [0.2, 0.25) is 5.91 Å². The molecule has 3 nitrogen and oxygen atoms in total. The summed E-state index contributed by atoms with van der Waals surface area (Å²) >= 11 is 0. The fourth-order valence-corrected chi connectivity index (χ4v) is 3.01. The van der Waals surface area contributed by atoms with Crippen molar-refractivity contribution in [3.63, 3.8) is 0 Å². The van der Waals surface area contributed by atoms with Crippen molar-refractivity contribution < 1.29 is 9.53 Å². The number of ether oxygens (including phenoxy) is 1. The van der Waals surface area contributed by atoms with Crippen LogP contribution in [0.4, 0.5) is 0 Å². The summed E-state index contributed by atoms with van der Waals surface area (Å²) in [6, 6.07) is 9.08. The lowest BCUT2D eigenvalue weighted by Gasteiger charge is -2.37. The number of hydrogen-bond acceptors (Lipinski definition) is 2. The number of carbonyl (C=O) groups is 1. The summed E-state index contributed by atoms with van der Waals surface area (Å²) < 4.78 is 5.41. The van der Waals surface area contributed by atoms with E-state index in [-0.39, 0.29) is 11.9 Å². The third-order valence-corrected chi connectivity index (χ3v) is 4.18. The molecule has 1 heterocycles. The molecule has 3 heteroatoms. The quantitative estimate of drug-likeness (QED) is 0.832. The van der Waals surface area contributed by atoms with Crippen LogP contribution < -0.4 is 0 Å². The van der Waals surface area contributed by atoms with Crippen molar-refractivity contribution in [2.24, 2.45) is 0 Å². The molecule has 1 fully saturated rings. The van der Waals surface area contributed by atoms with Gasteiger partial charge in [0.25, 0.3) is 0 Å². The molecule has 1 aromatic rings. The second kappa shape index (κ2) is 7.60. The molecule has 0 spiro atoms. The number of hydrogen-bond donors (Lipinski definition) is 0. The van der Waals surface area contributed by atoms with Gasteiger partial charge >= 0.3 is 0 Å². The van der Waals surface area contributed by atoms with Crippen molar-refractivity contribution in [2.45, 2.75) is 58.5 Å². The van der Waals surface area contributed by atoms with E-state index in [1.165, 1.54) is 11.1 Å². The first-order chi connectivity index (χ1) is 10.1. The van der Waals surface area contributed by atoms with Gasteiger partial charge in [0.15, 0.2) is 0 Å². The van der Waals surface area contributed by atoms with E-state index < -0.39 is 0 Å². The topological polar surface area (TPSA) is 29.5 Å². The standard InChI is InChI=1S/C18H27NO2/c1-14(2)19(17-10-12-21-13-11-17)18(20)9-8-16-6-4-15(3)5-7-16/h4-7,14,17H,8-13H2,1-3H3. The van der Waals surface area contributed by atoms with Crippen molar-refractivity contribution in [3.05, 3.63) is 35.4 Å². The van der Waals surface area contributed by atoms with E-state index in [0.29, 0.717) is 12.5 Å². The number of benzene rings is 1. The molecule has 1 amide bonds. The van der Waals surface area contributed by atoms with E-state index >= 15 is 0 Å². The molecule has 1 saturated heterocycles. The molecule has 0 saturated carbocycles. The Morgan fingerprint density at radius 3 is 2.43 bits per heavy atom. The zero-order valence-electron chi connectivity index (χ0n) is 13.5. The summed E-state index contributed by atoms with van der Waals surface area (Å²) in [5.74, 6) is 0.275. The lowest BCUT2D eigenvalue weighted by molar-refractivity contribution is -0.137. The van der Waals surface area contributed by atoms with Crippen LogP contribution >= 0.6 is 0 Å². The normalized spacial score (nSPS) is 16.2. The Morgan fingerprint density at radius 2 is 1.86 bits per heavy atom. The molecule has 116 valence electrons. The third kappa shape index (κ3) is 4.57. The summed E-state index contributed by atoms with van der Waals surface area (Å²) in [4.78, 5) is 14.7. The monoisotopic (exact) mass is 289 g/mol. The van der Waals surface area contributed by atoms with Crippen LogP contribution in [0.15, 0.2) is 24.3 Å². The predicted octanol–water partition coefficient (Wildman–Crippen LogP) is 3.34. The minimum atomic E-state index is 0.263. The van der Waals surface area contributed by atoms with Crippen LogP contribution in [0.3, 0.4) is 0 Å². The zero-order chi connectivity index (χ0) is 15.2. The summed E-state index contributed by atoms with van der Waals surface area (Å²) in [6.07, 6.45) is 3.35. The minimum absolute atomic E-state index is 0.263. The Hall–Kier alpha value is -1.35. The molecule has 0 radical (unpaired) electrons. The Labute approximate surface area is 128 Å². The fraction of sp³-hybridized carbons (Fsp3) is 0.611. The summed E-state index contributed by atoms with van der Waals surface area (Å²) in [5.41, 5.74) is 2.50. The van der Waals surface area contributed by atoms with Gasteiger partial charge in [-0.25, -0.2) is 0 Å². The maximum atomic E-state index is 12.6. The number of carbonyl (C=O) groups excluding carboxylic acids is 1. The fourth-order valence-electron chi connectivity index (χ4n) is 3.01. The molecular formula is C18H27NO2. The Balaban J connectivity index is 1.93. The summed E-state index contributed by atoms with van der Waals surface area (Å²) in [6.45, 7) is 7.86. The highest BCUT2D eigenvalue weighted by Crippen LogP contribution is 2.19. The van der Waals surface area contributed by atoms with E-state index in [9.17, 15) is 4.79 Å². The molecule has 1 aliphatic heterocycles. The molecule has 21 heavy (non-hydrogen) atoms. The first kappa shape index (κ1) is 16.0. The zero-order valence-corrected chi connectivity index (χ0v) is 13.5. The van der Waals surface area contributed by atoms with Crippen LogP contribution in [0.5, 0.6) is 0 Å². The van der Waals surface area contributed by atoms with Crippen molar-refractivity contribution in [1.82, 2.24) is 4.90 Å². The van der Waals surface area contributed by atoms with Crippen LogP contribution in [-0.2, 0) is 16.0 Å². The highest BCUT2D eigenvalue weighted by atomic mass is 16.5. The molecule has 0 atom stereocenters. The smallest absolute Gasteiger partial charge is 0.223 e. The Kier molecular flexibility index (Phi) is 5.80. The predicted molar refractivity (Wildman–Crippen MR) is 85.3 cm³/mol. The Morgan fingerprint density at radius 1 is 1.24 bits per heavy atom. The maximum absolute atomic E-state index is 12.6. The largest absolute Gasteiger partial charge is 0.381 e. The second-order valence-electron chi connectivity index (χ2n) is 6.22. The molecule has 1 aliphatic rings. The van der Waals surface area contributed by atoms with Crippen molar-refractivity contribution in [2.75, 3.05) is 13.2 Å². The molecule has 2 rings (SSSR count). The molecule has 0 aromatic heterocycles. The van der Waals surface area contributed by atoms with Crippen LogP contribution in [0.1, 0.15) is 44.2 Å². The van der Waals surface area contributed by atoms with Crippen LogP contribution in [0.2, 0.25) is 0 Å². The van der Waals surface area contributed by atoms with Crippen LogP contribution in [-0.4, -0.2) is 36.1 Å². The molecule has 0 N–H and O–H groups in total. The summed E-state index contributed by atoms with van der Waals surface area (Å²) in [7, 11) is 0. The van der Waals surface area contributed by atoms with Gasteiger partial charge in [-0.2, -0.15) is 0 Å². The van der Waals surface area contributed by atoms with Gasteiger partial charge in [-0.15, -0.1) is 0 Å². The van der Waals surface area contributed by atoms with Crippen LogP contribution in [0, 0.1) is 6.92 Å². The van der Waals surface area contributed by atoms with Crippen LogP contribution in [0.25, 0.3) is 0 Å². The van der Waals surface area contributed by atoms with Gasteiger partial charge in [-0.05, 0) is 45.6 Å². The highest BCUT2D eigenvalue weighted by Gasteiger charge is 2.27. The first-order valence-corrected chi connectivity index (χ1v) is 8.02. The summed E-state index contributed by atoms with van der Waals surface area (Å²) in [5, 5.41) is 0. The molecule has 1 aromatic carbocycles. The highest BCUT2D eigenvalue weighted by molar-refractivity contribution is 5.77. The van der Waals surface area contributed by atoms with Crippen molar-refractivity contribution in [3.8, 4) is 0 Å². The van der Waals surface area contributed by atoms with Gasteiger partial charge in [-0.3, -0.25) is 4.79 Å². The van der Waals surface area contributed by atoms with E-state index in [0.717, 1.165) is 32.5 Å². The van der Waals surface area contributed by atoms with Gasteiger partial charge in [0.05, 0.1) is 0 Å². The number of amides is 1. The van der Waals surface area contributed by atoms with Gasteiger partial charge in [-0.1, -0.05) is 29.8 Å². The van der Waals surface area contributed by atoms with E-state index in [1.54, 1.807) is 0 Å². The molecular weight excluding hydrogens is 262 g/mol. The lowest BCUT2D eigenvalue weighted by Crippen LogP contribution is -2.47. The third-order valence-electron chi connectivity index (χ3n) is 4.18. The van der Waals surface area contributed by atoms with E-state index in [4.69, 9.17) is 4.74 Å². The lowest BCUT2D eigenvalue weighted by atomic mass is 10.0. The van der Waals surface area contributed by atoms with Gasteiger partial charge < -0.3 is 9.64 Å². The van der Waals surface area contributed by atoms with Crippen molar-refractivity contribution in [1.29, 1.82) is 0 Å². The second-order valence-corrected chi connectivity index (χ2v) is 6.22. The number of rotatable bonds is 5.